The molecule has 2 aromatic heterocycles. The number of H-pyrrole nitrogens is 1. The number of hydrogen-bond acceptors (Lipinski definition) is 3. The Balaban J connectivity index is 1.92. The van der Waals surface area contributed by atoms with E-state index in [1.54, 1.807) is 6.20 Å². The smallest absolute Gasteiger partial charge is 0.206 e. The van der Waals surface area contributed by atoms with E-state index >= 15 is 0 Å². The number of nitrogens with zero attached hydrogens (tertiary/aromatic N) is 2. The molecule has 0 amide bonds. The number of aromatic amines is 1. The van der Waals surface area contributed by atoms with Crippen LogP contribution >= 0.6 is 15.9 Å². The van der Waals surface area contributed by atoms with Gasteiger partial charge in [-0.15, -0.1) is 0 Å². The lowest BCUT2D eigenvalue weighted by atomic mass is 10.3. The van der Waals surface area contributed by atoms with E-state index < -0.39 is 0 Å². The zero-order valence-corrected chi connectivity index (χ0v) is 10.4. The highest BCUT2D eigenvalue weighted by Crippen LogP contribution is 2.17. The van der Waals surface area contributed by atoms with Crippen molar-refractivity contribution in [2.24, 2.45) is 0 Å². The third kappa shape index (κ3) is 2.14. The van der Waals surface area contributed by atoms with E-state index in [0.717, 1.165) is 21.3 Å². The molecule has 0 saturated carbocycles. The highest BCUT2D eigenvalue weighted by atomic mass is 79.9. The minimum atomic E-state index is 0.695. The maximum absolute atomic E-state index is 4.41. The molecular formula is C12H9BrN4. The second-order valence-corrected chi connectivity index (χ2v) is 4.50. The minimum absolute atomic E-state index is 0.695. The third-order valence-corrected chi connectivity index (χ3v) is 2.83. The van der Waals surface area contributed by atoms with Crippen LogP contribution < -0.4 is 5.32 Å². The lowest BCUT2D eigenvalue weighted by Gasteiger charge is -2.00. The standard InChI is InChI=1S/C12H9BrN4/c13-8-5-6-11(14-7-8)17-12-15-9-3-1-2-4-10(9)16-12/h1-7H,(H2,14,15,16,17). The van der Waals surface area contributed by atoms with Crippen LogP contribution in [0.5, 0.6) is 0 Å². The van der Waals surface area contributed by atoms with Gasteiger partial charge in [-0.3, -0.25) is 0 Å². The first kappa shape index (κ1) is 10.3. The number of hydrogen-bond donors (Lipinski definition) is 2. The van der Waals surface area contributed by atoms with Crippen LogP contribution in [0.1, 0.15) is 0 Å². The summed E-state index contributed by atoms with van der Waals surface area (Å²) >= 11 is 3.35. The van der Waals surface area contributed by atoms with Gasteiger partial charge in [0.15, 0.2) is 0 Å². The zero-order valence-electron chi connectivity index (χ0n) is 8.81. The van der Waals surface area contributed by atoms with Crippen molar-refractivity contribution in [3.05, 3.63) is 47.1 Å². The maximum Gasteiger partial charge on any atom is 0.206 e. The number of fused-ring (bicyclic) bond motifs is 1. The summed E-state index contributed by atoms with van der Waals surface area (Å²) in [6, 6.07) is 11.7. The molecule has 0 radical (unpaired) electrons. The molecule has 0 aliphatic carbocycles. The topological polar surface area (TPSA) is 53.6 Å². The third-order valence-electron chi connectivity index (χ3n) is 2.36. The van der Waals surface area contributed by atoms with Gasteiger partial charge in [0.25, 0.3) is 0 Å². The van der Waals surface area contributed by atoms with Gasteiger partial charge in [0.05, 0.1) is 11.0 Å². The molecule has 17 heavy (non-hydrogen) atoms. The Morgan fingerprint density at radius 2 is 2.00 bits per heavy atom. The van der Waals surface area contributed by atoms with Crippen LogP contribution in [0.15, 0.2) is 47.1 Å². The highest BCUT2D eigenvalue weighted by Gasteiger charge is 2.02. The quantitative estimate of drug-likeness (QED) is 0.759. The highest BCUT2D eigenvalue weighted by molar-refractivity contribution is 9.10. The van der Waals surface area contributed by atoms with E-state index in [9.17, 15) is 0 Å². The number of imidazole rings is 1. The summed E-state index contributed by atoms with van der Waals surface area (Å²) in [6.45, 7) is 0. The average Bonchev–Trinajstić information content (AvgIpc) is 2.74. The van der Waals surface area contributed by atoms with Crippen LogP contribution in [0.25, 0.3) is 11.0 Å². The predicted octanol–water partition coefficient (Wildman–Crippen LogP) is 3.46. The first-order chi connectivity index (χ1) is 8.31. The first-order valence-electron chi connectivity index (χ1n) is 5.14. The van der Waals surface area contributed by atoms with Gasteiger partial charge in [0, 0.05) is 10.7 Å². The molecule has 0 aliphatic rings. The summed E-state index contributed by atoms with van der Waals surface area (Å²) in [4.78, 5) is 11.8. The summed E-state index contributed by atoms with van der Waals surface area (Å²) in [5.41, 5.74) is 1.94. The summed E-state index contributed by atoms with van der Waals surface area (Å²) in [6.07, 6.45) is 1.74. The van der Waals surface area contributed by atoms with Crippen LogP contribution in [0.2, 0.25) is 0 Å². The maximum atomic E-state index is 4.41. The molecule has 2 N–H and O–H groups in total. The van der Waals surface area contributed by atoms with Crippen molar-refractivity contribution in [3.8, 4) is 0 Å². The van der Waals surface area contributed by atoms with Crippen molar-refractivity contribution in [1.29, 1.82) is 0 Å². The fourth-order valence-corrected chi connectivity index (χ4v) is 1.82. The van der Waals surface area contributed by atoms with Crippen molar-refractivity contribution in [2.45, 2.75) is 0 Å². The van der Waals surface area contributed by atoms with Gasteiger partial charge >= 0.3 is 0 Å². The number of benzene rings is 1. The minimum Gasteiger partial charge on any atom is -0.324 e. The molecule has 0 bridgehead atoms. The second kappa shape index (κ2) is 4.18. The van der Waals surface area contributed by atoms with Crippen molar-refractivity contribution < 1.29 is 0 Å². The van der Waals surface area contributed by atoms with E-state index in [0.29, 0.717) is 5.95 Å². The average molecular weight is 289 g/mol. The number of aromatic nitrogens is 3. The second-order valence-electron chi connectivity index (χ2n) is 3.59. The molecule has 3 rings (SSSR count). The summed E-state index contributed by atoms with van der Waals surface area (Å²) in [7, 11) is 0. The molecule has 2 heterocycles. The Bertz CT molecular complexity index is 612. The lowest BCUT2D eigenvalue weighted by Crippen LogP contribution is -1.94. The molecule has 5 heteroatoms. The van der Waals surface area contributed by atoms with Crippen LogP contribution in [-0.4, -0.2) is 15.0 Å². The van der Waals surface area contributed by atoms with Crippen molar-refractivity contribution >= 4 is 38.7 Å². The van der Waals surface area contributed by atoms with Gasteiger partial charge < -0.3 is 10.3 Å². The Hall–Kier alpha value is -1.88. The van der Waals surface area contributed by atoms with E-state index in [1.807, 2.05) is 36.4 Å². The first-order valence-corrected chi connectivity index (χ1v) is 5.94. The SMILES string of the molecule is Brc1ccc(Nc2nc3ccccc3[nH]2)nc1. The Labute approximate surface area is 106 Å². The van der Waals surface area contributed by atoms with Gasteiger partial charge in [-0.2, -0.15) is 0 Å². The molecule has 0 fully saturated rings. The lowest BCUT2D eigenvalue weighted by molar-refractivity contribution is 1.24. The number of halogens is 1. The molecule has 0 unspecified atom stereocenters. The number of nitrogens with one attached hydrogen (secondary N) is 2. The van der Waals surface area contributed by atoms with Gasteiger partial charge in [-0.1, -0.05) is 12.1 Å². The number of pyridine rings is 1. The number of para-hydroxylation sites is 2. The summed E-state index contributed by atoms with van der Waals surface area (Å²) < 4.78 is 0.952. The molecule has 1 aromatic carbocycles. The molecule has 0 atom stereocenters. The predicted molar refractivity (Wildman–Crippen MR) is 71.3 cm³/mol. The van der Waals surface area contributed by atoms with Crippen LogP contribution in [-0.2, 0) is 0 Å². The monoisotopic (exact) mass is 288 g/mol. The van der Waals surface area contributed by atoms with Crippen LogP contribution in [0.4, 0.5) is 11.8 Å². The number of rotatable bonds is 2. The molecule has 0 saturated heterocycles. The Morgan fingerprint density at radius 1 is 1.12 bits per heavy atom. The Kier molecular flexibility index (Phi) is 2.53. The molecule has 0 aliphatic heterocycles. The molecular weight excluding hydrogens is 280 g/mol. The zero-order chi connectivity index (χ0) is 11.7. The summed E-state index contributed by atoms with van der Waals surface area (Å²) in [5.74, 6) is 1.45. The van der Waals surface area contributed by atoms with Gasteiger partial charge in [-0.05, 0) is 40.2 Å². The van der Waals surface area contributed by atoms with Gasteiger partial charge in [0.1, 0.15) is 5.82 Å². The van der Waals surface area contributed by atoms with Crippen LogP contribution in [0.3, 0.4) is 0 Å². The number of anilines is 2. The van der Waals surface area contributed by atoms with E-state index in [-0.39, 0.29) is 0 Å². The van der Waals surface area contributed by atoms with E-state index in [4.69, 9.17) is 0 Å². The normalized spacial score (nSPS) is 10.6. The van der Waals surface area contributed by atoms with Gasteiger partial charge in [0.2, 0.25) is 5.95 Å². The van der Waals surface area contributed by atoms with Crippen LogP contribution in [0, 0.1) is 0 Å². The summed E-state index contributed by atoms with van der Waals surface area (Å²) in [5, 5.41) is 3.12. The van der Waals surface area contributed by atoms with Gasteiger partial charge in [-0.25, -0.2) is 9.97 Å². The van der Waals surface area contributed by atoms with Crippen molar-refractivity contribution in [3.63, 3.8) is 0 Å². The fourth-order valence-electron chi connectivity index (χ4n) is 1.58. The van der Waals surface area contributed by atoms with E-state index in [1.165, 1.54) is 0 Å². The molecule has 0 spiro atoms. The molecule has 3 aromatic rings. The molecule has 84 valence electrons. The fraction of sp³-hybridized carbons (Fsp3) is 0. The van der Waals surface area contributed by atoms with E-state index in [2.05, 4.69) is 36.2 Å². The largest absolute Gasteiger partial charge is 0.324 e. The Morgan fingerprint density at radius 3 is 2.76 bits per heavy atom. The van der Waals surface area contributed by atoms with Crippen molar-refractivity contribution in [2.75, 3.05) is 5.32 Å². The van der Waals surface area contributed by atoms with Crippen molar-refractivity contribution in [1.82, 2.24) is 15.0 Å². The molecule has 4 nitrogen and oxygen atoms in total.